The first-order valence-electron chi connectivity index (χ1n) is 4.75. The summed E-state index contributed by atoms with van der Waals surface area (Å²) < 4.78 is 1.79. The van der Waals surface area contributed by atoms with Crippen molar-refractivity contribution >= 4 is 10.9 Å². The van der Waals surface area contributed by atoms with Gasteiger partial charge in [-0.3, -0.25) is 9.67 Å². The molecule has 0 saturated carbocycles. The van der Waals surface area contributed by atoms with Crippen LogP contribution < -0.4 is 0 Å². The molecule has 0 saturated heterocycles. The third kappa shape index (κ3) is 1.30. The third-order valence-electron chi connectivity index (χ3n) is 2.44. The van der Waals surface area contributed by atoms with Crippen molar-refractivity contribution in [2.45, 2.75) is 0 Å². The highest BCUT2D eigenvalue weighted by molar-refractivity contribution is 5.84. The summed E-state index contributed by atoms with van der Waals surface area (Å²) in [6.45, 7) is 0. The summed E-state index contributed by atoms with van der Waals surface area (Å²) in [7, 11) is 1.91. The van der Waals surface area contributed by atoms with Gasteiger partial charge in [0.25, 0.3) is 0 Å². The lowest BCUT2D eigenvalue weighted by Gasteiger charge is -1.88. The fourth-order valence-corrected chi connectivity index (χ4v) is 1.69. The first-order valence-corrected chi connectivity index (χ1v) is 4.75. The van der Waals surface area contributed by atoms with Crippen molar-refractivity contribution < 1.29 is 0 Å². The minimum atomic E-state index is 1.08. The monoisotopic (exact) mass is 198 g/mol. The second kappa shape index (κ2) is 2.95. The lowest BCUT2D eigenvalue weighted by atomic mass is 10.2. The molecule has 0 bridgehead atoms. The molecule has 3 aromatic rings. The predicted molar refractivity (Wildman–Crippen MR) is 58.3 cm³/mol. The molecule has 0 unspecified atom stereocenters. The van der Waals surface area contributed by atoms with E-state index in [1.54, 1.807) is 10.9 Å². The molecule has 0 aromatic carbocycles. The van der Waals surface area contributed by atoms with Gasteiger partial charge in [-0.15, -0.1) is 0 Å². The molecule has 0 fully saturated rings. The van der Waals surface area contributed by atoms with Gasteiger partial charge in [0.2, 0.25) is 0 Å². The zero-order chi connectivity index (χ0) is 10.3. The number of nitrogens with one attached hydrogen (secondary N) is 1. The van der Waals surface area contributed by atoms with Crippen LogP contribution >= 0.6 is 0 Å². The van der Waals surface area contributed by atoms with Crippen LogP contribution in [-0.4, -0.2) is 19.7 Å². The molecule has 4 nitrogen and oxygen atoms in total. The number of hydrogen-bond donors (Lipinski definition) is 1. The van der Waals surface area contributed by atoms with Gasteiger partial charge in [0.05, 0.1) is 6.20 Å². The topological polar surface area (TPSA) is 46.5 Å². The van der Waals surface area contributed by atoms with Crippen molar-refractivity contribution in [3.63, 3.8) is 0 Å². The zero-order valence-electron chi connectivity index (χ0n) is 8.31. The van der Waals surface area contributed by atoms with Crippen LogP contribution in [0.5, 0.6) is 0 Å². The fraction of sp³-hybridized carbons (Fsp3) is 0.0909. The number of aromatic amines is 1. The van der Waals surface area contributed by atoms with Crippen LogP contribution in [0.15, 0.2) is 36.9 Å². The minimum Gasteiger partial charge on any atom is -0.354 e. The number of rotatable bonds is 1. The van der Waals surface area contributed by atoms with Gasteiger partial charge in [0.1, 0.15) is 0 Å². The number of H-pyrrole nitrogens is 1. The number of pyridine rings is 1. The summed E-state index contributed by atoms with van der Waals surface area (Å²) in [6, 6.07) is 4.05. The SMILES string of the molecule is Cn1cc(-c2cc3cnccc3[nH]2)cn1. The van der Waals surface area contributed by atoms with Gasteiger partial charge in [0.15, 0.2) is 0 Å². The zero-order valence-corrected chi connectivity index (χ0v) is 8.31. The molecule has 1 N–H and O–H groups in total. The van der Waals surface area contributed by atoms with Gasteiger partial charge in [0, 0.05) is 47.8 Å². The van der Waals surface area contributed by atoms with Crippen LogP contribution in [0.25, 0.3) is 22.2 Å². The first-order chi connectivity index (χ1) is 7.33. The Morgan fingerprint density at radius 1 is 1.33 bits per heavy atom. The van der Waals surface area contributed by atoms with Gasteiger partial charge in [-0.2, -0.15) is 5.10 Å². The lowest BCUT2D eigenvalue weighted by molar-refractivity contribution is 0.768. The molecule has 0 amide bonds. The molecule has 0 atom stereocenters. The van der Waals surface area contributed by atoms with Crippen molar-refractivity contribution in [3.05, 3.63) is 36.9 Å². The maximum atomic E-state index is 4.14. The van der Waals surface area contributed by atoms with Crippen molar-refractivity contribution in [1.29, 1.82) is 0 Å². The van der Waals surface area contributed by atoms with Gasteiger partial charge >= 0.3 is 0 Å². The van der Waals surface area contributed by atoms with Crippen LogP contribution in [0.1, 0.15) is 0 Å². The molecule has 0 aliphatic carbocycles. The molecule has 4 heteroatoms. The summed E-state index contributed by atoms with van der Waals surface area (Å²) in [5.74, 6) is 0. The quantitative estimate of drug-likeness (QED) is 0.649. The molecule has 0 aliphatic heterocycles. The molecule has 15 heavy (non-hydrogen) atoms. The summed E-state index contributed by atoms with van der Waals surface area (Å²) in [4.78, 5) is 7.42. The van der Waals surface area contributed by atoms with E-state index in [0.29, 0.717) is 0 Å². The molecular formula is C11H10N4. The van der Waals surface area contributed by atoms with Crippen molar-refractivity contribution in [1.82, 2.24) is 19.7 Å². The summed E-state index contributed by atoms with van der Waals surface area (Å²) in [5.41, 5.74) is 3.27. The molecule has 0 spiro atoms. The number of aryl methyl sites for hydroxylation is 1. The Labute approximate surface area is 86.6 Å². The standard InChI is InChI=1S/C11H10N4/c1-15-7-9(6-13-15)11-4-8-5-12-3-2-10(8)14-11/h2-7,14H,1H3. The molecule has 0 aliphatic rings. The fourth-order valence-electron chi connectivity index (χ4n) is 1.69. The average Bonchev–Trinajstić information content (AvgIpc) is 2.82. The Morgan fingerprint density at radius 3 is 3.00 bits per heavy atom. The second-order valence-electron chi connectivity index (χ2n) is 3.55. The minimum absolute atomic E-state index is 1.08. The molecule has 3 aromatic heterocycles. The normalized spacial score (nSPS) is 11.0. The highest BCUT2D eigenvalue weighted by atomic mass is 15.2. The smallest absolute Gasteiger partial charge is 0.0583 e. The van der Waals surface area contributed by atoms with E-state index in [1.807, 2.05) is 31.7 Å². The van der Waals surface area contributed by atoms with E-state index in [9.17, 15) is 0 Å². The Balaban J connectivity index is 2.19. The maximum absolute atomic E-state index is 4.14. The predicted octanol–water partition coefficient (Wildman–Crippen LogP) is 1.96. The Bertz CT molecular complexity index is 573. The molecular weight excluding hydrogens is 188 g/mol. The van der Waals surface area contributed by atoms with Gasteiger partial charge in [-0.05, 0) is 12.1 Å². The van der Waals surface area contributed by atoms with Crippen molar-refractivity contribution in [3.8, 4) is 11.3 Å². The van der Waals surface area contributed by atoms with Crippen LogP contribution in [0, 0.1) is 0 Å². The van der Waals surface area contributed by atoms with Gasteiger partial charge in [-0.1, -0.05) is 0 Å². The Morgan fingerprint density at radius 2 is 2.27 bits per heavy atom. The van der Waals surface area contributed by atoms with E-state index in [0.717, 1.165) is 22.2 Å². The van der Waals surface area contributed by atoms with E-state index < -0.39 is 0 Å². The molecule has 3 rings (SSSR count). The van der Waals surface area contributed by atoms with Crippen LogP contribution in [0.2, 0.25) is 0 Å². The largest absolute Gasteiger partial charge is 0.354 e. The van der Waals surface area contributed by atoms with Crippen LogP contribution in [-0.2, 0) is 7.05 Å². The van der Waals surface area contributed by atoms with E-state index in [1.165, 1.54) is 0 Å². The number of hydrogen-bond acceptors (Lipinski definition) is 2. The van der Waals surface area contributed by atoms with Crippen molar-refractivity contribution in [2.24, 2.45) is 7.05 Å². The molecule has 0 radical (unpaired) electrons. The van der Waals surface area contributed by atoms with E-state index in [-0.39, 0.29) is 0 Å². The Kier molecular flexibility index (Phi) is 1.62. The average molecular weight is 198 g/mol. The summed E-state index contributed by atoms with van der Waals surface area (Å²) in [6.07, 6.45) is 7.47. The van der Waals surface area contributed by atoms with Gasteiger partial charge in [-0.25, -0.2) is 0 Å². The number of fused-ring (bicyclic) bond motifs is 1. The maximum Gasteiger partial charge on any atom is 0.0583 e. The highest BCUT2D eigenvalue weighted by Crippen LogP contribution is 2.22. The number of nitrogens with zero attached hydrogens (tertiary/aromatic N) is 3. The third-order valence-corrected chi connectivity index (χ3v) is 2.44. The first kappa shape index (κ1) is 8.23. The summed E-state index contributed by atoms with van der Waals surface area (Å²) >= 11 is 0. The second-order valence-corrected chi connectivity index (χ2v) is 3.55. The van der Waals surface area contributed by atoms with E-state index >= 15 is 0 Å². The highest BCUT2D eigenvalue weighted by Gasteiger charge is 2.04. The molecule has 74 valence electrons. The number of aromatic nitrogens is 4. The lowest BCUT2D eigenvalue weighted by Crippen LogP contribution is -1.84. The van der Waals surface area contributed by atoms with E-state index in [2.05, 4.69) is 21.1 Å². The van der Waals surface area contributed by atoms with Crippen molar-refractivity contribution in [2.75, 3.05) is 0 Å². The van der Waals surface area contributed by atoms with E-state index in [4.69, 9.17) is 0 Å². The van der Waals surface area contributed by atoms with Crippen LogP contribution in [0.3, 0.4) is 0 Å². The Hall–Kier alpha value is -2.10. The van der Waals surface area contributed by atoms with Crippen LogP contribution in [0.4, 0.5) is 0 Å². The van der Waals surface area contributed by atoms with Gasteiger partial charge < -0.3 is 4.98 Å². The summed E-state index contributed by atoms with van der Waals surface area (Å²) in [5, 5.41) is 5.27. The molecule has 3 heterocycles.